The van der Waals surface area contributed by atoms with E-state index in [0.717, 1.165) is 24.6 Å². The predicted octanol–water partition coefficient (Wildman–Crippen LogP) is 3.17. The van der Waals surface area contributed by atoms with Crippen molar-refractivity contribution in [3.63, 3.8) is 0 Å². The van der Waals surface area contributed by atoms with Gasteiger partial charge in [-0.25, -0.2) is 9.78 Å². The molecule has 28 heavy (non-hydrogen) atoms. The number of carbonyl (C=O) groups is 2. The molecule has 0 saturated heterocycles. The smallest absolute Gasteiger partial charge is 0.308 e. The standard InChI is InChI=1S/C20H18N4O3S/c25-17(23-19(27)21-13-6-2-1-3-7-13)12-28-20-22-16-9-5-4-8-15(16)18(26)24(20)14-10-11-14/h1-9,14H,10-12H2,(H2,21,23,25,27). The van der Waals surface area contributed by atoms with Crippen LogP contribution in [0.2, 0.25) is 0 Å². The molecular weight excluding hydrogens is 376 g/mol. The van der Waals surface area contributed by atoms with E-state index in [1.54, 1.807) is 41.0 Å². The van der Waals surface area contributed by atoms with E-state index in [1.807, 2.05) is 18.2 Å². The Morgan fingerprint density at radius 2 is 1.79 bits per heavy atom. The minimum atomic E-state index is -0.595. The Bertz CT molecular complexity index is 1090. The third kappa shape index (κ3) is 4.07. The summed E-state index contributed by atoms with van der Waals surface area (Å²) >= 11 is 1.16. The van der Waals surface area contributed by atoms with Crippen molar-refractivity contribution in [3.05, 3.63) is 65.0 Å². The summed E-state index contributed by atoms with van der Waals surface area (Å²) in [5.41, 5.74) is 1.12. The van der Waals surface area contributed by atoms with E-state index < -0.39 is 11.9 Å². The predicted molar refractivity (Wildman–Crippen MR) is 109 cm³/mol. The van der Waals surface area contributed by atoms with Crippen molar-refractivity contribution in [1.29, 1.82) is 0 Å². The number of carbonyl (C=O) groups excluding carboxylic acids is 2. The maximum absolute atomic E-state index is 12.8. The quantitative estimate of drug-likeness (QED) is 0.512. The van der Waals surface area contributed by atoms with Crippen LogP contribution in [0.15, 0.2) is 64.5 Å². The molecule has 1 aliphatic rings. The molecule has 0 aliphatic heterocycles. The van der Waals surface area contributed by atoms with Gasteiger partial charge in [-0.3, -0.25) is 19.5 Å². The molecule has 1 aromatic heterocycles. The maximum atomic E-state index is 12.8. The van der Waals surface area contributed by atoms with Crippen LogP contribution in [0.4, 0.5) is 10.5 Å². The van der Waals surface area contributed by atoms with Gasteiger partial charge in [0.25, 0.3) is 5.56 Å². The molecule has 1 fully saturated rings. The summed E-state index contributed by atoms with van der Waals surface area (Å²) in [6.45, 7) is 0. The number of hydrogen-bond acceptors (Lipinski definition) is 5. The first-order valence-corrected chi connectivity index (χ1v) is 9.90. The number of hydrogen-bond donors (Lipinski definition) is 2. The molecule has 2 aromatic carbocycles. The van der Waals surface area contributed by atoms with Gasteiger partial charge in [-0.1, -0.05) is 42.1 Å². The zero-order chi connectivity index (χ0) is 19.5. The molecule has 0 spiro atoms. The van der Waals surface area contributed by atoms with Gasteiger partial charge in [0, 0.05) is 11.7 Å². The maximum Gasteiger partial charge on any atom is 0.325 e. The molecule has 0 atom stereocenters. The van der Waals surface area contributed by atoms with Crippen LogP contribution < -0.4 is 16.2 Å². The summed E-state index contributed by atoms with van der Waals surface area (Å²) in [5.74, 6) is -0.470. The minimum absolute atomic E-state index is 0.0142. The van der Waals surface area contributed by atoms with Crippen LogP contribution in [-0.2, 0) is 4.79 Å². The Kier molecular flexibility index (Phi) is 5.12. The monoisotopic (exact) mass is 394 g/mol. The highest BCUT2D eigenvalue weighted by atomic mass is 32.2. The molecule has 7 nitrogen and oxygen atoms in total. The molecule has 1 saturated carbocycles. The Hall–Kier alpha value is -3.13. The van der Waals surface area contributed by atoms with Crippen LogP contribution in [-0.4, -0.2) is 27.2 Å². The lowest BCUT2D eigenvalue weighted by atomic mass is 10.2. The van der Waals surface area contributed by atoms with Crippen LogP contribution in [0.5, 0.6) is 0 Å². The molecule has 0 unspecified atom stereocenters. The average molecular weight is 394 g/mol. The van der Waals surface area contributed by atoms with Crippen LogP contribution >= 0.6 is 11.8 Å². The number of imide groups is 1. The lowest BCUT2D eigenvalue weighted by Crippen LogP contribution is -2.35. The Morgan fingerprint density at radius 1 is 1.07 bits per heavy atom. The fourth-order valence-electron chi connectivity index (χ4n) is 2.86. The van der Waals surface area contributed by atoms with Gasteiger partial charge in [0.1, 0.15) is 0 Å². The second kappa shape index (κ2) is 7.85. The first kappa shape index (κ1) is 18.2. The first-order valence-electron chi connectivity index (χ1n) is 8.92. The van der Waals surface area contributed by atoms with Crippen molar-refractivity contribution in [3.8, 4) is 0 Å². The zero-order valence-electron chi connectivity index (χ0n) is 14.9. The van der Waals surface area contributed by atoms with Gasteiger partial charge in [0.2, 0.25) is 5.91 Å². The second-order valence-electron chi connectivity index (χ2n) is 6.47. The third-order valence-electron chi connectivity index (χ3n) is 4.30. The van der Waals surface area contributed by atoms with Crippen LogP contribution in [0.3, 0.4) is 0 Å². The molecule has 3 aromatic rings. The number of fused-ring (bicyclic) bond motifs is 1. The fourth-order valence-corrected chi connectivity index (χ4v) is 3.73. The van der Waals surface area contributed by atoms with Gasteiger partial charge in [0.15, 0.2) is 5.16 Å². The van der Waals surface area contributed by atoms with Crippen molar-refractivity contribution >= 4 is 40.3 Å². The number of nitrogens with one attached hydrogen (secondary N) is 2. The third-order valence-corrected chi connectivity index (χ3v) is 5.26. The van der Waals surface area contributed by atoms with E-state index in [1.165, 1.54) is 0 Å². The number of aromatic nitrogens is 2. The van der Waals surface area contributed by atoms with Crippen LogP contribution in [0.1, 0.15) is 18.9 Å². The minimum Gasteiger partial charge on any atom is -0.308 e. The summed E-state index contributed by atoms with van der Waals surface area (Å²) in [5, 5.41) is 5.96. The lowest BCUT2D eigenvalue weighted by Gasteiger charge is -2.12. The van der Waals surface area contributed by atoms with Gasteiger partial charge in [0.05, 0.1) is 16.7 Å². The van der Waals surface area contributed by atoms with E-state index in [2.05, 4.69) is 15.6 Å². The molecular formula is C20H18N4O3S. The zero-order valence-corrected chi connectivity index (χ0v) is 15.7. The van der Waals surface area contributed by atoms with Gasteiger partial charge >= 0.3 is 6.03 Å². The molecule has 1 heterocycles. The highest BCUT2D eigenvalue weighted by Gasteiger charge is 2.28. The number of thioether (sulfide) groups is 1. The van der Waals surface area contributed by atoms with Crippen molar-refractivity contribution in [2.45, 2.75) is 24.0 Å². The van der Waals surface area contributed by atoms with Gasteiger partial charge in [-0.15, -0.1) is 0 Å². The molecule has 0 radical (unpaired) electrons. The van der Waals surface area contributed by atoms with Gasteiger partial charge in [-0.2, -0.15) is 0 Å². The highest BCUT2D eigenvalue weighted by molar-refractivity contribution is 7.99. The Balaban J connectivity index is 1.45. The number of rotatable bonds is 5. The summed E-state index contributed by atoms with van der Waals surface area (Å²) < 4.78 is 1.67. The van der Waals surface area contributed by atoms with Crippen molar-refractivity contribution in [1.82, 2.24) is 14.9 Å². The van der Waals surface area contributed by atoms with Gasteiger partial charge in [-0.05, 0) is 37.1 Å². The number of urea groups is 1. The number of nitrogens with zero attached hydrogens (tertiary/aromatic N) is 2. The largest absolute Gasteiger partial charge is 0.325 e. The topological polar surface area (TPSA) is 93.1 Å². The molecule has 8 heteroatoms. The molecule has 2 N–H and O–H groups in total. The fraction of sp³-hybridized carbons (Fsp3) is 0.200. The van der Waals surface area contributed by atoms with E-state index in [0.29, 0.717) is 21.7 Å². The highest BCUT2D eigenvalue weighted by Crippen LogP contribution is 2.36. The van der Waals surface area contributed by atoms with E-state index in [-0.39, 0.29) is 17.4 Å². The molecule has 3 amide bonds. The second-order valence-corrected chi connectivity index (χ2v) is 7.42. The van der Waals surface area contributed by atoms with E-state index in [9.17, 15) is 14.4 Å². The Morgan fingerprint density at radius 3 is 2.54 bits per heavy atom. The van der Waals surface area contributed by atoms with Crippen LogP contribution in [0.25, 0.3) is 10.9 Å². The SMILES string of the molecule is O=C(CSc1nc2ccccc2c(=O)n1C1CC1)NC(=O)Nc1ccccc1. The number of amides is 3. The van der Waals surface area contributed by atoms with Crippen molar-refractivity contribution in [2.24, 2.45) is 0 Å². The molecule has 4 rings (SSSR count). The van der Waals surface area contributed by atoms with E-state index >= 15 is 0 Å². The summed E-state index contributed by atoms with van der Waals surface area (Å²) in [4.78, 5) is 41.4. The number of para-hydroxylation sites is 2. The first-order chi connectivity index (χ1) is 13.6. The van der Waals surface area contributed by atoms with E-state index in [4.69, 9.17) is 0 Å². The van der Waals surface area contributed by atoms with Crippen molar-refractivity contribution in [2.75, 3.05) is 11.1 Å². The summed E-state index contributed by atoms with van der Waals surface area (Å²) in [6.07, 6.45) is 1.86. The molecule has 0 bridgehead atoms. The average Bonchev–Trinajstić information content (AvgIpc) is 3.52. The van der Waals surface area contributed by atoms with Crippen molar-refractivity contribution < 1.29 is 9.59 Å². The summed E-state index contributed by atoms with van der Waals surface area (Å²) in [6, 6.07) is 15.6. The summed E-state index contributed by atoms with van der Waals surface area (Å²) in [7, 11) is 0. The number of benzene rings is 2. The Labute approximate surface area is 165 Å². The molecule has 1 aliphatic carbocycles. The van der Waals surface area contributed by atoms with Crippen LogP contribution in [0, 0.1) is 0 Å². The lowest BCUT2D eigenvalue weighted by molar-refractivity contribution is -0.117. The normalized spacial score (nSPS) is 13.3. The number of anilines is 1. The molecule has 142 valence electrons. The van der Waals surface area contributed by atoms with Gasteiger partial charge < -0.3 is 5.32 Å².